The van der Waals surface area contributed by atoms with Crippen molar-refractivity contribution in [3.63, 3.8) is 0 Å². The van der Waals surface area contributed by atoms with Crippen LogP contribution in [0.5, 0.6) is 0 Å². The highest BCUT2D eigenvalue weighted by atomic mass is 32.2. The van der Waals surface area contributed by atoms with E-state index in [1.54, 1.807) is 18.5 Å². The molecule has 0 saturated carbocycles. The molecule has 0 aromatic heterocycles. The van der Waals surface area contributed by atoms with Crippen molar-refractivity contribution in [1.82, 2.24) is 4.31 Å². The minimum atomic E-state index is 0. The predicted octanol–water partition coefficient (Wildman–Crippen LogP) is 1.57. The Morgan fingerprint density at radius 1 is 1.00 bits per heavy atom. The lowest BCUT2D eigenvalue weighted by atomic mass is 10.6. The maximum absolute atomic E-state index is 12.0. The lowest BCUT2D eigenvalue weighted by molar-refractivity contribution is 0.154. The number of hydrogen-bond acceptors (Lipinski definition) is 4. The summed E-state index contributed by atoms with van der Waals surface area (Å²) in [5.41, 5.74) is 0. The second-order valence-corrected chi connectivity index (χ2v) is 2.64. The number of halogens is 4. The fourth-order valence-electron chi connectivity index (χ4n) is 0.567. The van der Waals surface area contributed by atoms with Crippen LogP contribution in [0.4, 0.5) is 18.0 Å². The third kappa shape index (κ3) is 14.5. The van der Waals surface area contributed by atoms with Crippen LogP contribution >= 0.6 is 12.3 Å². The summed E-state index contributed by atoms with van der Waals surface area (Å²) in [6.07, 6.45) is 0. The number of ether oxygens (including phenoxy) is 2. The first-order valence-corrected chi connectivity index (χ1v) is 4.04. The van der Waals surface area contributed by atoms with Crippen LogP contribution in [0.3, 0.4) is 0 Å². The lowest BCUT2D eigenvalue weighted by Crippen LogP contribution is -2.23. The smallest absolute Gasteiger partial charge is 0.134 e. The molecule has 14 heavy (non-hydrogen) atoms. The van der Waals surface area contributed by atoms with E-state index in [1.165, 1.54) is 0 Å². The fraction of sp³-hybridized carbons (Fsp3) is 1.00. The second-order valence-electron chi connectivity index (χ2n) is 1.98. The van der Waals surface area contributed by atoms with E-state index in [-0.39, 0.29) is 26.4 Å². The average molecular weight is 243 g/mol. The topological polar surface area (TPSA) is 21.7 Å². The van der Waals surface area contributed by atoms with Crippen molar-refractivity contribution in [3.8, 4) is 0 Å². The molecule has 0 rings (SSSR count). The minimum Gasteiger partial charge on any atom is -0.383 e. The molecule has 0 fully saturated rings. The molecule has 0 saturated heterocycles. The van der Waals surface area contributed by atoms with E-state index in [4.69, 9.17) is 9.47 Å². The Hall–Kier alpha value is -0.0500. The molecule has 0 bridgehead atoms. The number of nitrogens with zero attached hydrogens (tertiary/aromatic N) is 1. The van der Waals surface area contributed by atoms with Gasteiger partial charge in [0.15, 0.2) is 0 Å². The van der Waals surface area contributed by atoms with Crippen molar-refractivity contribution >= 4 is 12.3 Å². The molecule has 0 heterocycles. The zero-order valence-corrected chi connectivity index (χ0v) is 8.92. The van der Waals surface area contributed by atoms with Crippen LogP contribution in [0.25, 0.3) is 0 Å². The monoisotopic (exact) mass is 243 g/mol. The van der Waals surface area contributed by atoms with Crippen molar-refractivity contribution in [1.29, 1.82) is 0 Å². The van der Waals surface area contributed by atoms with Gasteiger partial charge in [0.25, 0.3) is 0 Å². The molecule has 0 unspecified atom stereocenters. The summed E-state index contributed by atoms with van der Waals surface area (Å²) >= 11 is 0.223. The molecule has 0 radical (unpaired) electrons. The molecule has 0 aromatic carbocycles. The highest BCUT2D eigenvalue weighted by Gasteiger charge is 2.03. The molecular weight excluding hydrogens is 226 g/mol. The van der Waals surface area contributed by atoms with E-state index in [1.807, 2.05) is 0 Å². The van der Waals surface area contributed by atoms with Crippen molar-refractivity contribution in [2.45, 2.75) is 0 Å². The lowest BCUT2D eigenvalue weighted by Gasteiger charge is -2.14. The van der Waals surface area contributed by atoms with E-state index in [0.29, 0.717) is 26.3 Å². The van der Waals surface area contributed by atoms with Gasteiger partial charge in [-0.25, -0.2) is 4.31 Å². The first-order valence-electron chi connectivity index (χ1n) is 3.36. The number of rotatable bonds is 7. The molecule has 0 atom stereocenters. The van der Waals surface area contributed by atoms with Gasteiger partial charge in [0.1, 0.15) is 12.3 Å². The highest BCUT2D eigenvalue weighted by molar-refractivity contribution is 7.91. The van der Waals surface area contributed by atoms with E-state index in [0.717, 1.165) is 0 Å². The first-order chi connectivity index (χ1) is 5.35. The maximum atomic E-state index is 12.0. The van der Waals surface area contributed by atoms with Crippen LogP contribution in [0.1, 0.15) is 0 Å². The summed E-state index contributed by atoms with van der Waals surface area (Å²) in [7, 11) is 3.19. The third-order valence-corrected chi connectivity index (χ3v) is 1.75. The van der Waals surface area contributed by atoms with Crippen LogP contribution in [0, 0.1) is 0 Å². The van der Waals surface area contributed by atoms with Crippen LogP contribution < -0.4 is 0 Å². The van der Waals surface area contributed by atoms with Gasteiger partial charge in [-0.3, -0.25) is 14.1 Å². The Labute approximate surface area is 85.5 Å². The van der Waals surface area contributed by atoms with Gasteiger partial charge in [0.05, 0.1) is 13.2 Å². The molecule has 0 aromatic rings. The maximum Gasteiger partial charge on any atom is 0.134 e. The van der Waals surface area contributed by atoms with Gasteiger partial charge >= 0.3 is 0 Å². The van der Waals surface area contributed by atoms with Gasteiger partial charge in [-0.1, -0.05) is 0 Å². The average Bonchev–Trinajstić information content (AvgIpc) is 2.05. The fourth-order valence-corrected chi connectivity index (χ4v) is 0.854. The minimum absolute atomic E-state index is 0. The quantitative estimate of drug-likeness (QED) is 0.500. The summed E-state index contributed by atoms with van der Waals surface area (Å²) in [4.78, 5) is 0. The van der Waals surface area contributed by atoms with Gasteiger partial charge < -0.3 is 9.47 Å². The van der Waals surface area contributed by atoms with E-state index in [9.17, 15) is 3.89 Å². The van der Waals surface area contributed by atoms with E-state index < -0.39 is 0 Å². The summed E-state index contributed by atoms with van der Waals surface area (Å²) in [6.45, 7) is 2.25. The molecule has 8 heteroatoms. The summed E-state index contributed by atoms with van der Waals surface area (Å²) in [5.74, 6) is 0. The van der Waals surface area contributed by atoms with Crippen molar-refractivity contribution in [2.24, 2.45) is 0 Å². The molecule has 0 amide bonds. The van der Waals surface area contributed by atoms with E-state index >= 15 is 0 Å². The highest BCUT2D eigenvalue weighted by Crippen LogP contribution is 2.08. The normalized spacial score (nSPS) is 8.57. The molecule has 3 nitrogen and oxygen atoms in total. The third-order valence-electron chi connectivity index (χ3n) is 1.19. The largest absolute Gasteiger partial charge is 0.383 e. The van der Waals surface area contributed by atoms with Crippen molar-refractivity contribution in [3.05, 3.63) is 0 Å². The first kappa shape index (κ1) is 23.6. The Morgan fingerprint density at radius 3 is 1.57 bits per heavy atom. The van der Waals surface area contributed by atoms with Gasteiger partial charge in [-0.05, 0) is 0 Å². The molecule has 92 valence electrons. The molecule has 0 N–H and O–H groups in total. The Balaban J connectivity index is -0.000000167. The Kier molecular flexibility index (Phi) is 31.5. The van der Waals surface area contributed by atoms with Crippen molar-refractivity contribution < 1.29 is 27.5 Å². The van der Waals surface area contributed by atoms with Gasteiger partial charge in [-0.15, -0.1) is 3.89 Å². The summed E-state index contributed by atoms with van der Waals surface area (Å²) in [6, 6.07) is 0. The molecule has 0 aliphatic heterocycles. The van der Waals surface area contributed by atoms with Gasteiger partial charge in [-0.2, -0.15) is 0 Å². The Morgan fingerprint density at radius 2 is 1.36 bits per heavy atom. The van der Waals surface area contributed by atoms with Gasteiger partial charge in [0, 0.05) is 27.3 Å². The van der Waals surface area contributed by atoms with Crippen LogP contribution in [-0.4, -0.2) is 44.8 Å². The summed E-state index contributed by atoms with van der Waals surface area (Å²) in [5, 5.41) is 0. The number of hydrogen-bond donors (Lipinski definition) is 0. The van der Waals surface area contributed by atoms with Crippen molar-refractivity contribution in [2.75, 3.05) is 40.5 Å². The predicted molar refractivity (Wildman–Crippen MR) is 51.5 cm³/mol. The molecule has 0 aliphatic rings. The zero-order chi connectivity index (χ0) is 8.53. The van der Waals surface area contributed by atoms with Crippen LogP contribution in [0.2, 0.25) is 0 Å². The molecule has 0 spiro atoms. The molecular formula is C6H17F4NO2S. The zero-order valence-electron chi connectivity index (χ0n) is 8.10. The van der Waals surface area contributed by atoms with Gasteiger partial charge in [0.2, 0.25) is 0 Å². The second kappa shape index (κ2) is 18.7. The number of methoxy groups -OCH3 is 2. The van der Waals surface area contributed by atoms with Crippen LogP contribution in [0.15, 0.2) is 0 Å². The SMILES string of the molecule is COCCN(CCOC)SF.F.F.F. The van der Waals surface area contributed by atoms with E-state index in [2.05, 4.69) is 0 Å². The van der Waals surface area contributed by atoms with Crippen LogP contribution in [-0.2, 0) is 9.47 Å². The molecule has 0 aliphatic carbocycles. The standard InChI is InChI=1S/C6H14FNO2S.3FH/c1-9-5-3-8(11-7)4-6-10-2;;;/h3-6H2,1-2H3;3*1H. The Bertz CT molecular complexity index is 86.2. The summed E-state index contributed by atoms with van der Waals surface area (Å²) < 4.78 is 23.2.